The number of hydrogen-bond donors (Lipinski definition) is 1. The smallest absolute Gasteiger partial charge is 0.252 e. The molecule has 2 aromatic rings. The highest BCUT2D eigenvalue weighted by Gasteiger charge is 2.33. The van der Waals surface area contributed by atoms with Gasteiger partial charge in [0.2, 0.25) is 0 Å². The van der Waals surface area contributed by atoms with E-state index in [4.69, 9.17) is 10.1 Å². The number of aryl methyl sites for hydroxylation is 1. The fourth-order valence-electron chi connectivity index (χ4n) is 4.75. The molecule has 0 bridgehead atoms. The molecule has 0 aromatic carbocycles. The van der Waals surface area contributed by atoms with Gasteiger partial charge in [0.1, 0.15) is 0 Å². The van der Waals surface area contributed by atoms with Crippen LogP contribution in [-0.4, -0.2) is 33.0 Å². The van der Waals surface area contributed by atoms with Gasteiger partial charge in [-0.3, -0.25) is 9.59 Å². The Bertz CT molecular complexity index is 1160. The molecule has 1 N–H and O–H groups in total. The van der Waals surface area contributed by atoms with Gasteiger partial charge in [-0.05, 0) is 70.9 Å². The molecule has 2 aromatic heterocycles. The summed E-state index contributed by atoms with van der Waals surface area (Å²) in [4.78, 5) is 30.7. The van der Waals surface area contributed by atoms with E-state index >= 15 is 0 Å². The van der Waals surface area contributed by atoms with Gasteiger partial charge in [0.15, 0.2) is 11.4 Å². The van der Waals surface area contributed by atoms with Gasteiger partial charge in [-0.1, -0.05) is 11.6 Å². The number of nitrogens with one attached hydrogen (secondary N) is 1. The van der Waals surface area contributed by atoms with Gasteiger partial charge in [-0.25, -0.2) is 9.67 Å². The van der Waals surface area contributed by atoms with Crippen LogP contribution in [0.25, 0.3) is 11.0 Å². The van der Waals surface area contributed by atoms with Gasteiger partial charge in [-0.15, -0.1) is 0 Å². The van der Waals surface area contributed by atoms with Crippen LogP contribution in [0.15, 0.2) is 28.9 Å². The third kappa shape index (κ3) is 3.73. The van der Waals surface area contributed by atoms with Crippen LogP contribution in [0, 0.1) is 12.8 Å². The Hall–Kier alpha value is -2.76. The first-order chi connectivity index (χ1) is 14.8. The van der Waals surface area contributed by atoms with Crippen molar-refractivity contribution in [1.29, 1.82) is 0 Å². The summed E-state index contributed by atoms with van der Waals surface area (Å²) in [6.45, 7) is 8.31. The van der Waals surface area contributed by atoms with Crippen molar-refractivity contribution >= 4 is 22.7 Å². The molecule has 0 aliphatic heterocycles. The molecule has 1 unspecified atom stereocenters. The molecule has 3 aliphatic carbocycles. The standard InChI is InChI=1S/C25H30N4O2/c1-13-9-14(2)20(22(30)10-13)12-26-25(31)19-11-21(18-7-8-18)27-24-23(19)15(3)28-29(24)16(4)17-5-6-17/h9,11,16-18H,5-8,10,12H2,1-4H3,(H,26,31). The van der Waals surface area contributed by atoms with Crippen molar-refractivity contribution < 1.29 is 9.59 Å². The minimum absolute atomic E-state index is 0.0959. The summed E-state index contributed by atoms with van der Waals surface area (Å²) in [6.07, 6.45) is 7.17. The van der Waals surface area contributed by atoms with Gasteiger partial charge in [0.05, 0.1) is 22.7 Å². The second-order valence-electron chi connectivity index (χ2n) is 9.61. The molecule has 1 atom stereocenters. The van der Waals surface area contributed by atoms with E-state index in [2.05, 4.69) is 12.2 Å². The highest BCUT2D eigenvalue weighted by molar-refractivity contribution is 6.07. The number of carbonyl (C=O) groups excluding carboxylic acids is 2. The maximum Gasteiger partial charge on any atom is 0.252 e. The Balaban J connectivity index is 1.50. The number of ketones is 1. The Morgan fingerprint density at radius 2 is 1.97 bits per heavy atom. The van der Waals surface area contributed by atoms with Crippen LogP contribution in [0.1, 0.15) is 86.6 Å². The molecule has 6 heteroatoms. The molecule has 2 fully saturated rings. The van der Waals surface area contributed by atoms with E-state index in [9.17, 15) is 9.59 Å². The number of hydrogen-bond acceptors (Lipinski definition) is 4. The number of allylic oxidation sites excluding steroid dienone is 3. The van der Waals surface area contributed by atoms with Crippen molar-refractivity contribution in [3.8, 4) is 0 Å². The molecule has 0 spiro atoms. The van der Waals surface area contributed by atoms with Crippen molar-refractivity contribution in [2.45, 2.75) is 71.8 Å². The van der Waals surface area contributed by atoms with Crippen LogP contribution in [0.2, 0.25) is 0 Å². The van der Waals surface area contributed by atoms with Gasteiger partial charge >= 0.3 is 0 Å². The predicted octanol–water partition coefficient (Wildman–Crippen LogP) is 4.55. The molecule has 0 saturated heterocycles. The summed E-state index contributed by atoms with van der Waals surface area (Å²) in [5.74, 6) is 1.03. The van der Waals surface area contributed by atoms with Crippen LogP contribution in [0.5, 0.6) is 0 Å². The van der Waals surface area contributed by atoms with Gasteiger partial charge in [0.25, 0.3) is 5.91 Å². The van der Waals surface area contributed by atoms with Crippen LogP contribution in [-0.2, 0) is 4.79 Å². The normalized spacial score (nSPS) is 20.3. The lowest BCUT2D eigenvalue weighted by molar-refractivity contribution is -0.115. The number of fused-ring (bicyclic) bond motifs is 1. The minimum atomic E-state index is -0.157. The molecule has 2 saturated carbocycles. The maximum absolute atomic E-state index is 13.3. The molecule has 5 rings (SSSR count). The Morgan fingerprint density at radius 1 is 1.23 bits per heavy atom. The fraction of sp³-hybridized carbons (Fsp3) is 0.520. The summed E-state index contributed by atoms with van der Waals surface area (Å²) < 4.78 is 2.04. The molecule has 0 radical (unpaired) electrons. The summed E-state index contributed by atoms with van der Waals surface area (Å²) in [5.41, 5.74) is 5.99. The van der Waals surface area contributed by atoms with E-state index in [1.807, 2.05) is 37.6 Å². The number of aromatic nitrogens is 3. The number of carbonyl (C=O) groups is 2. The SMILES string of the molecule is CC1=CC(C)=C(CNC(=O)c2cc(C3CC3)nc3c2c(C)nn3C(C)C2CC2)C(=O)C1. The van der Waals surface area contributed by atoms with Crippen molar-refractivity contribution in [2.24, 2.45) is 5.92 Å². The lowest BCUT2D eigenvalue weighted by Gasteiger charge is -2.16. The van der Waals surface area contributed by atoms with E-state index in [0.717, 1.165) is 46.4 Å². The van der Waals surface area contributed by atoms with Crippen molar-refractivity contribution in [1.82, 2.24) is 20.1 Å². The lowest BCUT2D eigenvalue weighted by atomic mass is 9.92. The van der Waals surface area contributed by atoms with E-state index in [0.29, 0.717) is 29.4 Å². The third-order valence-corrected chi connectivity index (χ3v) is 6.93. The number of pyridine rings is 1. The Kier molecular flexibility index (Phi) is 4.83. The summed E-state index contributed by atoms with van der Waals surface area (Å²) in [5, 5.41) is 8.65. The molecule has 2 heterocycles. The van der Waals surface area contributed by atoms with E-state index in [1.54, 1.807) is 0 Å². The first kappa shape index (κ1) is 20.2. The third-order valence-electron chi connectivity index (χ3n) is 6.93. The molecular weight excluding hydrogens is 388 g/mol. The minimum Gasteiger partial charge on any atom is -0.348 e. The maximum atomic E-state index is 13.3. The number of nitrogens with zero attached hydrogens (tertiary/aromatic N) is 3. The molecule has 1 amide bonds. The zero-order valence-corrected chi connectivity index (χ0v) is 18.8. The van der Waals surface area contributed by atoms with Crippen LogP contribution >= 0.6 is 0 Å². The zero-order valence-electron chi connectivity index (χ0n) is 18.8. The zero-order chi connectivity index (χ0) is 21.9. The summed E-state index contributed by atoms with van der Waals surface area (Å²) in [6, 6.07) is 2.24. The molecule has 162 valence electrons. The number of rotatable bonds is 6. The van der Waals surface area contributed by atoms with E-state index < -0.39 is 0 Å². The van der Waals surface area contributed by atoms with Crippen LogP contribution in [0.3, 0.4) is 0 Å². The van der Waals surface area contributed by atoms with Crippen molar-refractivity contribution in [2.75, 3.05) is 6.54 Å². The Morgan fingerprint density at radius 3 is 2.61 bits per heavy atom. The molecular formula is C25H30N4O2. The average molecular weight is 419 g/mol. The van der Waals surface area contributed by atoms with Crippen molar-refractivity contribution in [3.05, 3.63) is 45.8 Å². The molecule has 6 nitrogen and oxygen atoms in total. The largest absolute Gasteiger partial charge is 0.348 e. The first-order valence-electron chi connectivity index (χ1n) is 11.4. The molecule has 31 heavy (non-hydrogen) atoms. The van der Waals surface area contributed by atoms with Crippen molar-refractivity contribution in [3.63, 3.8) is 0 Å². The molecule has 3 aliphatic rings. The topological polar surface area (TPSA) is 76.9 Å². The van der Waals surface area contributed by atoms with E-state index in [1.165, 1.54) is 12.8 Å². The number of Topliss-reactive ketones (excluding diaryl/α,β-unsaturated/α-hetero) is 1. The van der Waals surface area contributed by atoms with Gasteiger partial charge in [-0.2, -0.15) is 5.10 Å². The predicted molar refractivity (Wildman–Crippen MR) is 120 cm³/mol. The fourth-order valence-corrected chi connectivity index (χ4v) is 4.75. The second kappa shape index (κ2) is 7.43. The number of amides is 1. The average Bonchev–Trinajstić information content (AvgIpc) is 3.62. The van der Waals surface area contributed by atoms with Crippen LogP contribution in [0.4, 0.5) is 0 Å². The highest BCUT2D eigenvalue weighted by Crippen LogP contribution is 2.43. The summed E-state index contributed by atoms with van der Waals surface area (Å²) in [7, 11) is 0. The van der Waals surface area contributed by atoms with Crippen LogP contribution < -0.4 is 5.32 Å². The van der Waals surface area contributed by atoms with Gasteiger partial charge in [0, 0.05) is 30.2 Å². The van der Waals surface area contributed by atoms with Gasteiger partial charge < -0.3 is 5.32 Å². The van der Waals surface area contributed by atoms with E-state index in [-0.39, 0.29) is 24.3 Å². The monoisotopic (exact) mass is 418 g/mol. The quantitative estimate of drug-likeness (QED) is 0.746. The Labute approximate surface area is 182 Å². The second-order valence-corrected chi connectivity index (χ2v) is 9.61. The highest BCUT2D eigenvalue weighted by atomic mass is 16.2. The summed E-state index contributed by atoms with van der Waals surface area (Å²) >= 11 is 0. The first-order valence-corrected chi connectivity index (χ1v) is 11.4. The lowest BCUT2D eigenvalue weighted by Crippen LogP contribution is -2.29.